The number of hydrogen-bond acceptors (Lipinski definition) is 11. The highest BCUT2D eigenvalue weighted by molar-refractivity contribution is 7.90. The number of halogens is 2. The zero-order valence-electron chi connectivity index (χ0n) is 26.8. The van der Waals surface area contributed by atoms with Crippen LogP contribution in [0.15, 0.2) is 52.2 Å². The Morgan fingerprint density at radius 3 is 2.46 bits per heavy atom. The highest BCUT2D eigenvalue weighted by atomic mass is 35.5. The van der Waals surface area contributed by atoms with Gasteiger partial charge >= 0.3 is 17.7 Å². The molecule has 50 heavy (non-hydrogen) atoms. The first-order valence-corrected chi connectivity index (χ1v) is 17.4. The molecule has 0 radical (unpaired) electrons. The van der Waals surface area contributed by atoms with Crippen molar-refractivity contribution < 1.29 is 32.2 Å². The van der Waals surface area contributed by atoms with Crippen molar-refractivity contribution in [2.45, 2.75) is 50.7 Å². The number of rotatable bonds is 8. The fraction of sp³-hybridized carbons (Fsp3) is 0.312. The Hall–Kier alpha value is -4.95. The summed E-state index contributed by atoms with van der Waals surface area (Å²) in [6, 6.07) is 9.20. The fourth-order valence-electron chi connectivity index (χ4n) is 4.92. The standard InChI is InChI=1S/C17H18N4O6S.C15H13Cl2N3O2/c1-10-7-11(2)19-16(18-10)20-17(23)21-28(24,25)14-6-4-3-5-13(14)15(22)27-12-8-26-9-12;1-2-7-22-13-9-12(10(16)8-11(13)17)20-15(21)19-6-4-3-5-14(19)18-20/h3-7,12H,8-9H2,1-2H3,(H2,18,19,20,21,23);1,8-9H,3-7H2. The van der Waals surface area contributed by atoms with E-state index in [1.54, 1.807) is 30.5 Å². The number of anilines is 1. The lowest BCUT2D eigenvalue weighted by atomic mass is 10.2. The highest BCUT2D eigenvalue weighted by Crippen LogP contribution is 2.33. The average molecular weight is 745 g/mol. The Morgan fingerprint density at radius 2 is 1.80 bits per heavy atom. The third-order valence-electron chi connectivity index (χ3n) is 7.22. The van der Waals surface area contributed by atoms with E-state index in [-0.39, 0.29) is 41.9 Å². The van der Waals surface area contributed by atoms with Crippen molar-refractivity contribution in [3.8, 4) is 23.8 Å². The number of carbonyl (C=O) groups excluding carboxylic acids is 2. The molecule has 4 heterocycles. The normalized spacial score (nSPS) is 13.8. The molecule has 0 unspecified atom stereocenters. The van der Waals surface area contributed by atoms with Crippen molar-refractivity contribution in [1.82, 2.24) is 29.0 Å². The summed E-state index contributed by atoms with van der Waals surface area (Å²) in [5, 5.41) is 7.30. The second-order valence-corrected chi connectivity index (χ2v) is 13.5. The van der Waals surface area contributed by atoms with Gasteiger partial charge in [0.05, 0.1) is 34.5 Å². The largest absolute Gasteiger partial charge is 0.479 e. The fourth-order valence-corrected chi connectivity index (χ4v) is 6.54. The van der Waals surface area contributed by atoms with Crippen molar-refractivity contribution in [2.75, 3.05) is 25.1 Å². The first-order chi connectivity index (χ1) is 23.9. The molecule has 2 aromatic carbocycles. The topological polar surface area (TPSA) is 186 Å². The Labute approximate surface area is 296 Å². The van der Waals surface area contributed by atoms with Crippen LogP contribution in [0.1, 0.15) is 40.4 Å². The molecule has 6 rings (SSSR count). The molecule has 2 N–H and O–H groups in total. The van der Waals surface area contributed by atoms with Gasteiger partial charge in [0, 0.05) is 30.4 Å². The third-order valence-corrected chi connectivity index (χ3v) is 9.21. The van der Waals surface area contributed by atoms with E-state index in [1.165, 1.54) is 35.0 Å². The molecule has 1 fully saturated rings. The summed E-state index contributed by atoms with van der Waals surface area (Å²) in [5.74, 6) is 2.66. The van der Waals surface area contributed by atoms with Gasteiger partial charge in [-0.1, -0.05) is 41.3 Å². The van der Waals surface area contributed by atoms with Crippen LogP contribution in [0.2, 0.25) is 10.0 Å². The molecule has 0 saturated carbocycles. The number of hydrogen-bond donors (Lipinski definition) is 2. The molecule has 0 bridgehead atoms. The average Bonchev–Trinajstić information content (AvgIpc) is 3.37. The number of nitrogens with one attached hydrogen (secondary N) is 2. The van der Waals surface area contributed by atoms with Gasteiger partial charge in [-0.15, -0.1) is 11.5 Å². The van der Waals surface area contributed by atoms with Gasteiger partial charge in [0.25, 0.3) is 10.0 Å². The van der Waals surface area contributed by atoms with Crippen molar-refractivity contribution in [1.29, 1.82) is 0 Å². The zero-order valence-corrected chi connectivity index (χ0v) is 29.1. The quantitative estimate of drug-likeness (QED) is 0.197. The van der Waals surface area contributed by atoms with Gasteiger partial charge in [-0.2, -0.15) is 4.68 Å². The van der Waals surface area contributed by atoms with Crippen LogP contribution in [0.5, 0.6) is 5.75 Å². The minimum Gasteiger partial charge on any atom is -0.479 e. The monoisotopic (exact) mass is 743 g/mol. The molecule has 15 nitrogen and oxygen atoms in total. The molecule has 0 atom stereocenters. The molecule has 2 amide bonds. The molecule has 2 aromatic heterocycles. The molecule has 4 aromatic rings. The minimum absolute atomic E-state index is 0.0390. The van der Waals surface area contributed by atoms with Crippen LogP contribution in [0.25, 0.3) is 5.69 Å². The molecular weight excluding hydrogens is 713 g/mol. The number of benzene rings is 2. The number of esters is 1. The van der Waals surface area contributed by atoms with Crippen molar-refractivity contribution >= 4 is 51.2 Å². The Kier molecular flexibility index (Phi) is 11.4. The Bertz CT molecular complexity index is 2120. The van der Waals surface area contributed by atoms with E-state index in [2.05, 4.69) is 26.3 Å². The number of fused-ring (bicyclic) bond motifs is 1. The first-order valence-electron chi connectivity index (χ1n) is 15.1. The number of aromatic nitrogens is 5. The minimum atomic E-state index is -4.35. The summed E-state index contributed by atoms with van der Waals surface area (Å²) in [6.45, 7) is 4.71. The number of terminal acetylenes is 1. The van der Waals surface area contributed by atoms with E-state index in [0.29, 0.717) is 39.4 Å². The van der Waals surface area contributed by atoms with Gasteiger partial charge in [-0.05, 0) is 51.0 Å². The van der Waals surface area contributed by atoms with Crippen LogP contribution < -0.4 is 20.5 Å². The third kappa shape index (κ3) is 8.61. The van der Waals surface area contributed by atoms with Crippen LogP contribution in [0, 0.1) is 26.2 Å². The first kappa shape index (κ1) is 36.3. The van der Waals surface area contributed by atoms with Crippen molar-refractivity contribution in [2.24, 2.45) is 0 Å². The van der Waals surface area contributed by atoms with Gasteiger partial charge in [-0.3, -0.25) is 9.88 Å². The summed E-state index contributed by atoms with van der Waals surface area (Å²) in [6.07, 6.45) is 7.56. The van der Waals surface area contributed by atoms with E-state index in [4.69, 9.17) is 43.8 Å². The zero-order chi connectivity index (χ0) is 36.0. The lowest BCUT2D eigenvalue weighted by Gasteiger charge is -2.25. The molecule has 2 aliphatic rings. The van der Waals surface area contributed by atoms with Crippen LogP contribution in [-0.2, 0) is 32.5 Å². The van der Waals surface area contributed by atoms with Gasteiger partial charge in [0.15, 0.2) is 0 Å². The van der Waals surface area contributed by atoms with Crippen LogP contribution in [-0.4, -0.2) is 70.7 Å². The van der Waals surface area contributed by atoms with Crippen LogP contribution >= 0.6 is 23.2 Å². The van der Waals surface area contributed by atoms with Crippen LogP contribution in [0.4, 0.5) is 10.7 Å². The predicted octanol–water partition coefficient (Wildman–Crippen LogP) is 3.85. The number of sulfonamides is 1. The molecule has 0 spiro atoms. The SMILES string of the molecule is C#CCOc1cc(-n2nc3n(c2=O)CCCC3)c(Cl)cc1Cl.Cc1cc(C)nc(NC(=O)NS(=O)(=O)c2ccccc2C(=O)OC2COC2)n1. The highest BCUT2D eigenvalue weighted by Gasteiger charge is 2.29. The Balaban J connectivity index is 0.000000200. The molecule has 2 aliphatic heterocycles. The van der Waals surface area contributed by atoms with E-state index >= 15 is 0 Å². The molecule has 18 heteroatoms. The maximum absolute atomic E-state index is 12.6. The predicted molar refractivity (Wildman–Crippen MR) is 182 cm³/mol. The molecule has 0 aliphatic carbocycles. The van der Waals surface area contributed by atoms with Crippen molar-refractivity contribution in [3.63, 3.8) is 0 Å². The van der Waals surface area contributed by atoms with Gasteiger partial charge in [-0.25, -0.2) is 37.5 Å². The smallest absolute Gasteiger partial charge is 0.350 e. The summed E-state index contributed by atoms with van der Waals surface area (Å²) in [5.41, 5.74) is 1.27. The molecule has 262 valence electrons. The second kappa shape index (κ2) is 15.7. The van der Waals surface area contributed by atoms with E-state index < -0.39 is 28.1 Å². The van der Waals surface area contributed by atoms with Gasteiger partial charge in [0.2, 0.25) is 5.95 Å². The number of urea groups is 1. The number of ether oxygens (including phenoxy) is 3. The number of carbonyl (C=O) groups is 2. The summed E-state index contributed by atoms with van der Waals surface area (Å²) in [7, 11) is -4.35. The molecule has 1 saturated heterocycles. The van der Waals surface area contributed by atoms with E-state index in [0.717, 1.165) is 25.1 Å². The lowest BCUT2D eigenvalue weighted by Crippen LogP contribution is -2.39. The van der Waals surface area contributed by atoms with Crippen LogP contribution in [0.3, 0.4) is 0 Å². The maximum atomic E-state index is 12.6. The number of amides is 2. The second-order valence-electron chi connectivity index (χ2n) is 11.0. The van der Waals surface area contributed by atoms with E-state index in [9.17, 15) is 22.8 Å². The van der Waals surface area contributed by atoms with Gasteiger partial charge < -0.3 is 14.2 Å². The summed E-state index contributed by atoms with van der Waals surface area (Å²) < 4.78 is 45.5. The summed E-state index contributed by atoms with van der Waals surface area (Å²) in [4.78, 5) is 44.5. The molecular formula is C32H31Cl2N7O8S. The summed E-state index contributed by atoms with van der Waals surface area (Å²) >= 11 is 12.3. The number of nitrogens with zero attached hydrogens (tertiary/aromatic N) is 5. The number of aryl methyl sites for hydroxylation is 3. The maximum Gasteiger partial charge on any atom is 0.350 e. The van der Waals surface area contributed by atoms with Crippen molar-refractivity contribution in [3.05, 3.63) is 85.8 Å². The lowest BCUT2D eigenvalue weighted by molar-refractivity contribution is -0.103. The van der Waals surface area contributed by atoms with E-state index in [1.807, 2.05) is 4.72 Å². The van der Waals surface area contributed by atoms with Gasteiger partial charge in [0.1, 0.15) is 29.2 Å². The Morgan fingerprint density at radius 1 is 1.08 bits per heavy atom.